The minimum atomic E-state index is 0.441. The summed E-state index contributed by atoms with van der Waals surface area (Å²) in [7, 11) is 0. The summed E-state index contributed by atoms with van der Waals surface area (Å²) in [4.78, 5) is 0. The van der Waals surface area contributed by atoms with Gasteiger partial charge in [-0.15, -0.1) is 0 Å². The Bertz CT molecular complexity index is 303. The monoisotopic (exact) mass is 349 g/mol. The number of hydrogen-bond acceptors (Lipinski definition) is 1. The van der Waals surface area contributed by atoms with E-state index in [-0.39, 0.29) is 0 Å². The van der Waals surface area contributed by atoms with Gasteiger partial charge >= 0.3 is 0 Å². The molecule has 0 aliphatic heterocycles. The fourth-order valence-electron chi connectivity index (χ4n) is 3.15. The number of nitrogens with two attached hydrogens (primary N) is 1. The second kappa shape index (κ2) is 19.8. The molecule has 148 valence electrons. The van der Waals surface area contributed by atoms with Crippen LogP contribution in [0.1, 0.15) is 117 Å². The molecule has 1 nitrogen and oxygen atoms in total. The third-order valence-electron chi connectivity index (χ3n) is 4.88. The molecular formula is C24H47N. The first kappa shape index (κ1) is 24.4. The molecule has 0 heterocycles. The Morgan fingerprint density at radius 3 is 1.84 bits per heavy atom. The highest BCUT2D eigenvalue weighted by Crippen LogP contribution is 2.13. The van der Waals surface area contributed by atoms with Gasteiger partial charge in [-0.05, 0) is 50.9 Å². The predicted molar refractivity (Wildman–Crippen MR) is 116 cm³/mol. The van der Waals surface area contributed by atoms with Crippen LogP contribution < -0.4 is 5.73 Å². The van der Waals surface area contributed by atoms with E-state index in [1.165, 1.54) is 89.9 Å². The second-order valence-electron chi connectivity index (χ2n) is 8.10. The minimum Gasteiger partial charge on any atom is -0.328 e. The average Bonchev–Trinajstić information content (AvgIpc) is 2.58. The second-order valence-corrected chi connectivity index (χ2v) is 8.10. The van der Waals surface area contributed by atoms with Crippen LogP contribution >= 0.6 is 0 Å². The zero-order valence-electron chi connectivity index (χ0n) is 17.6. The Morgan fingerprint density at radius 2 is 1.20 bits per heavy atom. The molecule has 0 aromatic carbocycles. The standard InChI is InChI=1S/C24H47N/c1-4-5-6-7-8-9-10-11-12-13-14-15-16-17-18-21-24(25)22-19-20-23(2)3/h8-9,11-12,23-24H,4-7,10,13-22,25H2,1-3H3/b9-8+,12-11+. The molecule has 0 aliphatic carbocycles. The quantitative estimate of drug-likeness (QED) is 0.197. The topological polar surface area (TPSA) is 26.0 Å². The third-order valence-corrected chi connectivity index (χ3v) is 4.88. The summed E-state index contributed by atoms with van der Waals surface area (Å²) in [5.74, 6) is 0.822. The van der Waals surface area contributed by atoms with E-state index in [4.69, 9.17) is 5.73 Å². The van der Waals surface area contributed by atoms with Gasteiger partial charge in [0, 0.05) is 6.04 Å². The van der Waals surface area contributed by atoms with Gasteiger partial charge in [-0.3, -0.25) is 0 Å². The SMILES string of the molecule is CCCCC/C=C/C/C=C/CCCCCCCC(N)CCCC(C)C. The molecule has 2 N–H and O–H groups in total. The molecule has 0 aromatic heterocycles. The minimum absolute atomic E-state index is 0.441. The largest absolute Gasteiger partial charge is 0.328 e. The van der Waals surface area contributed by atoms with Crippen LogP contribution in [0.4, 0.5) is 0 Å². The van der Waals surface area contributed by atoms with Gasteiger partial charge in [-0.2, -0.15) is 0 Å². The molecule has 25 heavy (non-hydrogen) atoms. The first-order valence-corrected chi connectivity index (χ1v) is 11.2. The fraction of sp³-hybridized carbons (Fsp3) is 0.833. The van der Waals surface area contributed by atoms with Crippen LogP contribution in [0.2, 0.25) is 0 Å². The Kier molecular flexibility index (Phi) is 19.3. The van der Waals surface area contributed by atoms with Crippen LogP contribution in [0.3, 0.4) is 0 Å². The van der Waals surface area contributed by atoms with Crippen molar-refractivity contribution >= 4 is 0 Å². The van der Waals surface area contributed by atoms with E-state index in [1.54, 1.807) is 0 Å². The molecule has 0 aliphatic rings. The molecule has 0 spiro atoms. The highest BCUT2D eigenvalue weighted by Gasteiger charge is 2.03. The lowest BCUT2D eigenvalue weighted by Gasteiger charge is -2.12. The van der Waals surface area contributed by atoms with Crippen LogP contribution in [0, 0.1) is 5.92 Å². The van der Waals surface area contributed by atoms with Crippen molar-refractivity contribution in [1.82, 2.24) is 0 Å². The number of hydrogen-bond donors (Lipinski definition) is 1. The van der Waals surface area contributed by atoms with Gasteiger partial charge in [0.15, 0.2) is 0 Å². The van der Waals surface area contributed by atoms with Gasteiger partial charge in [0.2, 0.25) is 0 Å². The molecule has 0 amide bonds. The van der Waals surface area contributed by atoms with Crippen molar-refractivity contribution in [2.75, 3.05) is 0 Å². The van der Waals surface area contributed by atoms with E-state index < -0.39 is 0 Å². The van der Waals surface area contributed by atoms with Crippen LogP contribution in [-0.2, 0) is 0 Å². The summed E-state index contributed by atoms with van der Waals surface area (Å²) in [6.45, 7) is 6.86. The number of unbranched alkanes of at least 4 members (excludes halogenated alkanes) is 8. The van der Waals surface area contributed by atoms with Crippen LogP contribution in [0.15, 0.2) is 24.3 Å². The molecule has 0 saturated carbocycles. The van der Waals surface area contributed by atoms with Crippen molar-refractivity contribution in [2.45, 2.75) is 123 Å². The summed E-state index contributed by atoms with van der Waals surface area (Å²) >= 11 is 0. The maximum absolute atomic E-state index is 6.20. The number of allylic oxidation sites excluding steroid dienone is 4. The van der Waals surface area contributed by atoms with E-state index in [0.717, 1.165) is 12.3 Å². The van der Waals surface area contributed by atoms with E-state index in [1.807, 2.05) is 0 Å². The first-order chi connectivity index (χ1) is 12.2. The van der Waals surface area contributed by atoms with Crippen molar-refractivity contribution in [3.05, 3.63) is 24.3 Å². The lowest BCUT2D eigenvalue weighted by Crippen LogP contribution is -2.19. The van der Waals surface area contributed by atoms with Gasteiger partial charge in [-0.25, -0.2) is 0 Å². The van der Waals surface area contributed by atoms with Crippen molar-refractivity contribution < 1.29 is 0 Å². The Balaban J connectivity index is 3.26. The normalized spacial score (nSPS) is 13.5. The lowest BCUT2D eigenvalue weighted by molar-refractivity contribution is 0.464. The molecule has 0 radical (unpaired) electrons. The lowest BCUT2D eigenvalue weighted by atomic mass is 9.99. The Hall–Kier alpha value is -0.560. The van der Waals surface area contributed by atoms with Crippen molar-refractivity contribution in [3.63, 3.8) is 0 Å². The van der Waals surface area contributed by atoms with Gasteiger partial charge in [-0.1, -0.05) is 96.4 Å². The van der Waals surface area contributed by atoms with Crippen molar-refractivity contribution in [3.8, 4) is 0 Å². The summed E-state index contributed by atoms with van der Waals surface area (Å²) in [6.07, 6.45) is 28.8. The highest BCUT2D eigenvalue weighted by molar-refractivity contribution is 4.92. The zero-order valence-corrected chi connectivity index (χ0v) is 17.6. The maximum Gasteiger partial charge on any atom is 0.00388 e. The summed E-state index contributed by atoms with van der Waals surface area (Å²) in [6, 6.07) is 0.441. The van der Waals surface area contributed by atoms with Crippen LogP contribution in [0.25, 0.3) is 0 Å². The van der Waals surface area contributed by atoms with Crippen LogP contribution in [0.5, 0.6) is 0 Å². The van der Waals surface area contributed by atoms with E-state index >= 15 is 0 Å². The molecule has 0 rings (SSSR count). The molecule has 1 heteroatoms. The van der Waals surface area contributed by atoms with Gasteiger partial charge in [0.1, 0.15) is 0 Å². The van der Waals surface area contributed by atoms with Crippen molar-refractivity contribution in [2.24, 2.45) is 11.7 Å². The zero-order chi connectivity index (χ0) is 18.6. The predicted octanol–water partition coefficient (Wildman–Crippen LogP) is 7.95. The Labute approximate surface area is 159 Å². The molecule has 0 fully saturated rings. The molecule has 0 bridgehead atoms. The third kappa shape index (κ3) is 21.4. The first-order valence-electron chi connectivity index (χ1n) is 11.2. The van der Waals surface area contributed by atoms with E-state index in [0.29, 0.717) is 6.04 Å². The highest BCUT2D eigenvalue weighted by atomic mass is 14.6. The number of rotatable bonds is 18. The summed E-state index contributed by atoms with van der Waals surface area (Å²) in [5, 5.41) is 0. The molecular weight excluding hydrogens is 302 g/mol. The summed E-state index contributed by atoms with van der Waals surface area (Å²) < 4.78 is 0. The molecule has 1 unspecified atom stereocenters. The van der Waals surface area contributed by atoms with E-state index in [2.05, 4.69) is 45.1 Å². The Morgan fingerprint density at radius 1 is 0.640 bits per heavy atom. The van der Waals surface area contributed by atoms with Gasteiger partial charge < -0.3 is 5.73 Å². The smallest absolute Gasteiger partial charge is 0.00388 e. The maximum atomic E-state index is 6.20. The fourth-order valence-corrected chi connectivity index (χ4v) is 3.15. The van der Waals surface area contributed by atoms with Gasteiger partial charge in [0.25, 0.3) is 0 Å². The molecule has 0 aromatic rings. The summed E-state index contributed by atoms with van der Waals surface area (Å²) in [5.41, 5.74) is 6.20. The average molecular weight is 350 g/mol. The van der Waals surface area contributed by atoms with E-state index in [9.17, 15) is 0 Å². The van der Waals surface area contributed by atoms with Crippen LogP contribution in [-0.4, -0.2) is 6.04 Å². The molecule has 1 atom stereocenters. The van der Waals surface area contributed by atoms with Gasteiger partial charge in [0.05, 0.1) is 0 Å². The molecule has 0 saturated heterocycles. The van der Waals surface area contributed by atoms with Crippen molar-refractivity contribution in [1.29, 1.82) is 0 Å².